The van der Waals surface area contributed by atoms with Crippen molar-refractivity contribution in [1.29, 1.82) is 0 Å². The Morgan fingerprint density at radius 3 is 2.64 bits per heavy atom. The standard InChI is InChI=1S/C22H16I2N2O2/c1-12-6-7-14(22-26-20-13(2)4-3-5-19(20)28-22)9-18(12)25-11-15-8-16(23)10-17(24)21(15)27/h3-11,27H,1-2H3. The zero-order valence-corrected chi connectivity index (χ0v) is 19.5. The molecular formula is C22H16I2N2O2. The number of nitrogens with zero attached hydrogens (tertiary/aromatic N) is 2. The molecule has 0 radical (unpaired) electrons. The van der Waals surface area contributed by atoms with Gasteiger partial charge in [0.25, 0.3) is 0 Å². The quantitative estimate of drug-likeness (QED) is 0.210. The fourth-order valence-electron chi connectivity index (χ4n) is 2.91. The van der Waals surface area contributed by atoms with Crippen LogP contribution in [0.3, 0.4) is 0 Å². The van der Waals surface area contributed by atoms with Gasteiger partial charge in [-0.1, -0.05) is 18.2 Å². The highest BCUT2D eigenvalue weighted by molar-refractivity contribution is 14.1. The van der Waals surface area contributed by atoms with E-state index in [1.165, 1.54) is 0 Å². The molecule has 0 saturated carbocycles. The van der Waals surface area contributed by atoms with Crippen molar-refractivity contribution in [3.05, 3.63) is 72.4 Å². The zero-order valence-electron chi connectivity index (χ0n) is 15.2. The van der Waals surface area contributed by atoms with Gasteiger partial charge < -0.3 is 9.52 Å². The zero-order chi connectivity index (χ0) is 19.8. The molecule has 4 nitrogen and oxygen atoms in total. The van der Waals surface area contributed by atoms with Crippen LogP contribution in [0, 0.1) is 21.0 Å². The largest absolute Gasteiger partial charge is 0.506 e. The molecular weight excluding hydrogens is 578 g/mol. The van der Waals surface area contributed by atoms with E-state index in [-0.39, 0.29) is 5.75 Å². The number of aromatic hydroxyl groups is 1. The van der Waals surface area contributed by atoms with Crippen LogP contribution >= 0.6 is 45.2 Å². The van der Waals surface area contributed by atoms with Gasteiger partial charge in [0, 0.05) is 20.9 Å². The van der Waals surface area contributed by atoms with Crippen molar-refractivity contribution in [2.75, 3.05) is 0 Å². The van der Waals surface area contributed by atoms with Gasteiger partial charge >= 0.3 is 0 Å². The highest BCUT2D eigenvalue weighted by atomic mass is 127. The van der Waals surface area contributed by atoms with Crippen LogP contribution in [0.1, 0.15) is 16.7 Å². The van der Waals surface area contributed by atoms with E-state index in [4.69, 9.17) is 4.42 Å². The molecule has 1 heterocycles. The summed E-state index contributed by atoms with van der Waals surface area (Å²) in [5, 5.41) is 10.3. The molecule has 0 aliphatic rings. The third-order valence-electron chi connectivity index (χ3n) is 4.48. The molecule has 6 heteroatoms. The summed E-state index contributed by atoms with van der Waals surface area (Å²) in [6.45, 7) is 4.03. The van der Waals surface area contributed by atoms with Gasteiger partial charge in [0.2, 0.25) is 5.89 Å². The molecule has 3 aromatic carbocycles. The van der Waals surface area contributed by atoms with Crippen LogP contribution in [0.5, 0.6) is 5.75 Å². The summed E-state index contributed by atoms with van der Waals surface area (Å²) < 4.78 is 7.79. The first kappa shape index (κ1) is 19.4. The summed E-state index contributed by atoms with van der Waals surface area (Å²) in [5.74, 6) is 0.820. The molecule has 0 aliphatic carbocycles. The average Bonchev–Trinajstić information content (AvgIpc) is 3.10. The molecule has 0 unspecified atom stereocenters. The van der Waals surface area contributed by atoms with E-state index in [1.54, 1.807) is 6.21 Å². The highest BCUT2D eigenvalue weighted by Gasteiger charge is 2.11. The minimum atomic E-state index is 0.244. The number of phenolic OH excluding ortho intramolecular Hbond substituents is 1. The smallest absolute Gasteiger partial charge is 0.227 e. The van der Waals surface area contributed by atoms with Crippen molar-refractivity contribution < 1.29 is 9.52 Å². The van der Waals surface area contributed by atoms with Crippen molar-refractivity contribution in [3.63, 3.8) is 0 Å². The van der Waals surface area contributed by atoms with Gasteiger partial charge in [-0.25, -0.2) is 4.98 Å². The number of hydrogen-bond donors (Lipinski definition) is 1. The number of aryl methyl sites for hydroxylation is 2. The van der Waals surface area contributed by atoms with E-state index in [2.05, 4.69) is 55.2 Å². The third-order valence-corrected chi connectivity index (χ3v) is 5.92. The van der Waals surface area contributed by atoms with Crippen LogP contribution < -0.4 is 0 Å². The first-order valence-electron chi connectivity index (χ1n) is 8.61. The summed E-state index contributed by atoms with van der Waals surface area (Å²) in [4.78, 5) is 9.26. The number of phenols is 1. The molecule has 0 saturated heterocycles. The fourth-order valence-corrected chi connectivity index (χ4v) is 4.80. The predicted octanol–water partition coefficient (Wildman–Crippen LogP) is 6.78. The predicted molar refractivity (Wildman–Crippen MR) is 130 cm³/mol. The summed E-state index contributed by atoms with van der Waals surface area (Å²) in [5.41, 5.74) is 6.15. The number of oxazole rings is 1. The van der Waals surface area contributed by atoms with Gasteiger partial charge in [-0.15, -0.1) is 0 Å². The lowest BCUT2D eigenvalue weighted by atomic mass is 10.1. The molecule has 1 N–H and O–H groups in total. The Morgan fingerprint density at radius 2 is 1.86 bits per heavy atom. The van der Waals surface area contributed by atoms with Gasteiger partial charge in [0.05, 0.1) is 9.26 Å². The van der Waals surface area contributed by atoms with Crippen LogP contribution in [-0.4, -0.2) is 16.3 Å². The highest BCUT2D eigenvalue weighted by Crippen LogP contribution is 2.31. The molecule has 0 fully saturated rings. The topological polar surface area (TPSA) is 58.6 Å². The second-order valence-electron chi connectivity index (χ2n) is 6.53. The maximum atomic E-state index is 10.3. The maximum absolute atomic E-state index is 10.3. The number of hydrogen-bond acceptors (Lipinski definition) is 4. The Hall–Kier alpha value is -1.94. The van der Waals surface area contributed by atoms with Crippen molar-refractivity contribution in [2.24, 2.45) is 4.99 Å². The molecule has 4 rings (SSSR count). The van der Waals surface area contributed by atoms with Gasteiger partial charge in [0.1, 0.15) is 11.3 Å². The van der Waals surface area contributed by atoms with Crippen LogP contribution in [0.15, 0.2) is 57.9 Å². The summed E-state index contributed by atoms with van der Waals surface area (Å²) >= 11 is 4.35. The van der Waals surface area contributed by atoms with E-state index < -0.39 is 0 Å². The first-order chi connectivity index (χ1) is 13.4. The van der Waals surface area contributed by atoms with E-state index in [9.17, 15) is 5.11 Å². The van der Waals surface area contributed by atoms with Crippen molar-refractivity contribution >= 4 is 68.2 Å². The molecule has 28 heavy (non-hydrogen) atoms. The molecule has 0 atom stereocenters. The molecule has 1 aromatic heterocycles. The van der Waals surface area contributed by atoms with Gasteiger partial charge in [-0.3, -0.25) is 4.99 Å². The Labute approximate surface area is 190 Å². The Bertz CT molecular complexity index is 1230. The number of halogens is 2. The second-order valence-corrected chi connectivity index (χ2v) is 8.93. The van der Waals surface area contributed by atoms with Crippen LogP contribution in [0.2, 0.25) is 0 Å². The van der Waals surface area contributed by atoms with Crippen LogP contribution in [0.25, 0.3) is 22.6 Å². The van der Waals surface area contributed by atoms with E-state index in [0.29, 0.717) is 11.5 Å². The summed E-state index contributed by atoms with van der Waals surface area (Å²) in [6.07, 6.45) is 1.70. The number of benzene rings is 3. The molecule has 4 aromatic rings. The first-order valence-corrected chi connectivity index (χ1v) is 10.8. The Balaban J connectivity index is 1.74. The molecule has 0 aliphatic heterocycles. The van der Waals surface area contributed by atoms with Crippen molar-refractivity contribution in [1.82, 2.24) is 4.98 Å². The average molecular weight is 594 g/mol. The van der Waals surface area contributed by atoms with Gasteiger partial charge in [-0.2, -0.15) is 0 Å². The molecule has 0 bridgehead atoms. The Kier molecular flexibility index (Phi) is 5.42. The third kappa shape index (κ3) is 3.80. The van der Waals surface area contributed by atoms with Gasteiger partial charge in [0.15, 0.2) is 5.58 Å². The summed E-state index contributed by atoms with van der Waals surface area (Å²) in [6, 6.07) is 15.7. The lowest BCUT2D eigenvalue weighted by Crippen LogP contribution is -1.88. The molecule has 0 spiro atoms. The van der Waals surface area contributed by atoms with E-state index in [0.717, 1.165) is 40.6 Å². The molecule has 0 amide bonds. The lowest BCUT2D eigenvalue weighted by molar-refractivity contribution is 0.470. The number of rotatable bonds is 3. The minimum absolute atomic E-state index is 0.244. The number of aromatic nitrogens is 1. The minimum Gasteiger partial charge on any atom is -0.506 e. The monoisotopic (exact) mass is 594 g/mol. The fraction of sp³-hybridized carbons (Fsp3) is 0.0909. The van der Waals surface area contributed by atoms with Crippen LogP contribution in [-0.2, 0) is 0 Å². The SMILES string of the molecule is Cc1ccc(-c2nc3c(C)cccc3o2)cc1N=Cc1cc(I)cc(I)c1O. The van der Waals surface area contributed by atoms with Crippen molar-refractivity contribution in [3.8, 4) is 17.2 Å². The maximum Gasteiger partial charge on any atom is 0.227 e. The normalized spacial score (nSPS) is 11.6. The number of para-hydroxylation sites is 1. The number of fused-ring (bicyclic) bond motifs is 1. The van der Waals surface area contributed by atoms with E-state index >= 15 is 0 Å². The van der Waals surface area contributed by atoms with Crippen LogP contribution in [0.4, 0.5) is 5.69 Å². The summed E-state index contributed by atoms with van der Waals surface area (Å²) in [7, 11) is 0. The van der Waals surface area contributed by atoms with E-state index in [1.807, 2.05) is 62.4 Å². The van der Waals surface area contributed by atoms with Crippen molar-refractivity contribution in [2.45, 2.75) is 13.8 Å². The molecule has 140 valence electrons. The number of aliphatic imine (C=N–C) groups is 1. The van der Waals surface area contributed by atoms with Gasteiger partial charge in [-0.05, 0) is 100 Å². The Morgan fingerprint density at radius 1 is 1.04 bits per heavy atom. The second kappa shape index (κ2) is 7.82. The lowest BCUT2D eigenvalue weighted by Gasteiger charge is -2.05.